The Bertz CT molecular complexity index is 858. The highest BCUT2D eigenvalue weighted by atomic mass is 32.2. The summed E-state index contributed by atoms with van der Waals surface area (Å²) in [6.45, 7) is 4.37. The first-order chi connectivity index (χ1) is 11.6. The largest absolute Gasteiger partial charge is 0.494 e. The molecule has 0 spiro atoms. The first kappa shape index (κ1) is 16.4. The monoisotopic (exact) mass is 341 g/mol. The van der Waals surface area contributed by atoms with E-state index in [9.17, 15) is 4.79 Å². The molecule has 5 nitrogen and oxygen atoms in total. The molecule has 0 saturated carbocycles. The van der Waals surface area contributed by atoms with Crippen molar-refractivity contribution in [3.63, 3.8) is 0 Å². The Balaban J connectivity index is 2.08. The maximum absolute atomic E-state index is 11.4. The third-order valence-corrected chi connectivity index (χ3v) is 4.69. The Morgan fingerprint density at radius 1 is 1.25 bits per heavy atom. The Labute approximate surface area is 144 Å². The van der Waals surface area contributed by atoms with Crippen LogP contribution < -0.4 is 10.5 Å². The summed E-state index contributed by atoms with van der Waals surface area (Å²) in [4.78, 5) is 16.1. The van der Waals surface area contributed by atoms with E-state index in [2.05, 4.69) is 4.98 Å². The number of fused-ring (bicyclic) bond motifs is 1. The summed E-state index contributed by atoms with van der Waals surface area (Å²) in [5, 5.41) is 0.384. The Kier molecular flexibility index (Phi) is 4.76. The number of benzene rings is 2. The fraction of sp³-hybridized carbons (Fsp3) is 0.222. The van der Waals surface area contributed by atoms with Gasteiger partial charge in [0.1, 0.15) is 5.75 Å². The maximum Gasteiger partial charge on any atom is 0.230 e. The molecular weight excluding hydrogens is 322 g/mol. The number of aromatic nitrogens is 2. The second-order valence-corrected chi connectivity index (χ2v) is 6.62. The highest BCUT2D eigenvalue weighted by Crippen LogP contribution is 2.30. The molecule has 1 amide bonds. The van der Waals surface area contributed by atoms with Gasteiger partial charge < -0.3 is 10.5 Å². The molecule has 1 heterocycles. The highest BCUT2D eigenvalue weighted by molar-refractivity contribution is 8.00. The van der Waals surface area contributed by atoms with Crippen LogP contribution in [0.15, 0.2) is 53.7 Å². The van der Waals surface area contributed by atoms with E-state index in [4.69, 9.17) is 10.5 Å². The van der Waals surface area contributed by atoms with Gasteiger partial charge in [0.15, 0.2) is 5.16 Å². The SMILES string of the molecule is CCOc1ccc(-n2c(SC(C)C(N)=O)nc3ccccc32)cc1. The van der Waals surface area contributed by atoms with Gasteiger partial charge in [-0.05, 0) is 50.2 Å². The average Bonchev–Trinajstić information content (AvgIpc) is 2.93. The lowest BCUT2D eigenvalue weighted by atomic mass is 10.2. The van der Waals surface area contributed by atoms with Crippen LogP contribution in [0.5, 0.6) is 5.75 Å². The second kappa shape index (κ2) is 6.97. The summed E-state index contributed by atoms with van der Waals surface area (Å²) < 4.78 is 7.54. The van der Waals surface area contributed by atoms with E-state index in [0.717, 1.165) is 27.6 Å². The molecule has 3 aromatic rings. The minimum Gasteiger partial charge on any atom is -0.494 e. The van der Waals surface area contributed by atoms with Crippen molar-refractivity contribution in [1.29, 1.82) is 0 Å². The van der Waals surface area contributed by atoms with E-state index in [0.29, 0.717) is 6.61 Å². The summed E-state index contributed by atoms with van der Waals surface area (Å²) in [6, 6.07) is 15.7. The quantitative estimate of drug-likeness (QED) is 0.698. The number of nitrogens with two attached hydrogens (primary N) is 1. The zero-order valence-electron chi connectivity index (χ0n) is 13.6. The van der Waals surface area contributed by atoms with Gasteiger partial charge in [-0.15, -0.1) is 0 Å². The fourth-order valence-electron chi connectivity index (χ4n) is 2.41. The van der Waals surface area contributed by atoms with E-state index in [1.807, 2.05) is 60.0 Å². The highest BCUT2D eigenvalue weighted by Gasteiger charge is 2.18. The Morgan fingerprint density at radius 2 is 1.96 bits per heavy atom. The maximum atomic E-state index is 11.4. The summed E-state index contributed by atoms with van der Waals surface area (Å²) in [5.41, 5.74) is 8.24. The standard InChI is InChI=1S/C18H19N3O2S/c1-3-23-14-10-8-13(9-11-14)21-16-7-5-4-6-15(16)20-18(21)24-12(2)17(19)22/h4-12H,3H2,1-2H3,(H2,19,22). The van der Waals surface area contributed by atoms with Crippen LogP contribution in [-0.2, 0) is 4.79 Å². The zero-order valence-corrected chi connectivity index (χ0v) is 14.4. The lowest BCUT2D eigenvalue weighted by molar-refractivity contribution is -0.117. The van der Waals surface area contributed by atoms with Gasteiger partial charge in [0.05, 0.1) is 22.9 Å². The third-order valence-electron chi connectivity index (χ3n) is 3.62. The van der Waals surface area contributed by atoms with Crippen LogP contribution >= 0.6 is 11.8 Å². The van der Waals surface area contributed by atoms with Crippen LogP contribution in [0.4, 0.5) is 0 Å². The van der Waals surface area contributed by atoms with Gasteiger partial charge in [-0.25, -0.2) is 4.98 Å². The fourth-order valence-corrected chi connectivity index (χ4v) is 3.30. The number of thioether (sulfide) groups is 1. The predicted molar refractivity (Wildman–Crippen MR) is 96.8 cm³/mol. The smallest absolute Gasteiger partial charge is 0.230 e. The van der Waals surface area contributed by atoms with Gasteiger partial charge in [0.25, 0.3) is 0 Å². The number of rotatable bonds is 6. The van der Waals surface area contributed by atoms with Crippen molar-refractivity contribution in [3.05, 3.63) is 48.5 Å². The number of imidazole rings is 1. The number of nitrogens with zero attached hydrogens (tertiary/aromatic N) is 2. The van der Waals surface area contributed by atoms with Crippen LogP contribution in [0.25, 0.3) is 16.7 Å². The zero-order chi connectivity index (χ0) is 17.1. The van der Waals surface area contributed by atoms with Crippen LogP contribution in [-0.4, -0.2) is 27.3 Å². The molecule has 0 radical (unpaired) electrons. The number of ether oxygens (including phenoxy) is 1. The number of carbonyl (C=O) groups is 1. The van der Waals surface area contributed by atoms with E-state index >= 15 is 0 Å². The molecule has 1 atom stereocenters. The molecule has 0 bridgehead atoms. The molecule has 2 N–H and O–H groups in total. The molecule has 0 aliphatic carbocycles. The molecule has 124 valence electrons. The number of primary amides is 1. The van der Waals surface area contributed by atoms with Gasteiger partial charge in [-0.1, -0.05) is 23.9 Å². The van der Waals surface area contributed by atoms with Crippen molar-refractivity contribution < 1.29 is 9.53 Å². The van der Waals surface area contributed by atoms with Crippen molar-refractivity contribution in [2.45, 2.75) is 24.3 Å². The van der Waals surface area contributed by atoms with Crippen LogP contribution in [0, 0.1) is 0 Å². The third kappa shape index (κ3) is 3.23. The number of carbonyl (C=O) groups excluding carboxylic acids is 1. The van der Waals surface area contributed by atoms with Crippen LogP contribution in [0.2, 0.25) is 0 Å². The molecule has 0 fully saturated rings. The normalized spacial score (nSPS) is 12.2. The van der Waals surface area contributed by atoms with E-state index in [1.54, 1.807) is 6.92 Å². The van der Waals surface area contributed by atoms with E-state index in [-0.39, 0.29) is 11.2 Å². The lowest BCUT2D eigenvalue weighted by Crippen LogP contribution is -2.23. The second-order valence-electron chi connectivity index (χ2n) is 5.31. The van der Waals surface area contributed by atoms with Gasteiger partial charge >= 0.3 is 0 Å². The van der Waals surface area contributed by atoms with E-state index in [1.165, 1.54) is 11.8 Å². The van der Waals surface area contributed by atoms with Crippen molar-refractivity contribution in [3.8, 4) is 11.4 Å². The summed E-state index contributed by atoms with van der Waals surface area (Å²) in [7, 11) is 0. The van der Waals surface area contributed by atoms with Crippen molar-refractivity contribution in [2.75, 3.05) is 6.61 Å². The lowest BCUT2D eigenvalue weighted by Gasteiger charge is -2.12. The molecular formula is C18H19N3O2S. The van der Waals surface area contributed by atoms with E-state index < -0.39 is 0 Å². The number of hydrogen-bond acceptors (Lipinski definition) is 4. The predicted octanol–water partition coefficient (Wildman–Crippen LogP) is 3.39. The first-order valence-corrected chi connectivity index (χ1v) is 8.64. The van der Waals surface area contributed by atoms with Crippen molar-refractivity contribution in [2.24, 2.45) is 5.73 Å². The molecule has 2 aromatic carbocycles. The average molecular weight is 341 g/mol. The minimum absolute atomic E-state index is 0.356. The van der Waals surface area contributed by atoms with Gasteiger partial charge in [-0.3, -0.25) is 9.36 Å². The van der Waals surface area contributed by atoms with Gasteiger partial charge in [-0.2, -0.15) is 0 Å². The number of hydrogen-bond donors (Lipinski definition) is 1. The summed E-state index contributed by atoms with van der Waals surface area (Å²) in [6.07, 6.45) is 0. The first-order valence-electron chi connectivity index (χ1n) is 7.77. The molecule has 0 saturated heterocycles. The molecule has 24 heavy (non-hydrogen) atoms. The minimum atomic E-state index is -0.358. The number of para-hydroxylation sites is 2. The summed E-state index contributed by atoms with van der Waals surface area (Å²) >= 11 is 1.36. The van der Waals surface area contributed by atoms with Gasteiger partial charge in [0.2, 0.25) is 5.91 Å². The topological polar surface area (TPSA) is 70.1 Å². The van der Waals surface area contributed by atoms with Crippen molar-refractivity contribution >= 4 is 28.7 Å². The van der Waals surface area contributed by atoms with Gasteiger partial charge in [0, 0.05) is 5.69 Å². The Morgan fingerprint density at radius 3 is 2.62 bits per heavy atom. The Hall–Kier alpha value is -2.47. The molecule has 1 aromatic heterocycles. The molecule has 0 aliphatic rings. The molecule has 0 aliphatic heterocycles. The molecule has 6 heteroatoms. The molecule has 3 rings (SSSR count). The molecule has 1 unspecified atom stereocenters. The summed E-state index contributed by atoms with van der Waals surface area (Å²) in [5.74, 6) is 0.468. The van der Waals surface area contributed by atoms with Crippen LogP contribution in [0.3, 0.4) is 0 Å². The van der Waals surface area contributed by atoms with Crippen LogP contribution in [0.1, 0.15) is 13.8 Å². The van der Waals surface area contributed by atoms with Crippen molar-refractivity contribution in [1.82, 2.24) is 9.55 Å². The number of amides is 1.